The highest BCUT2D eigenvalue weighted by Gasteiger charge is 2.30. The van der Waals surface area contributed by atoms with E-state index in [-0.39, 0.29) is 25.7 Å². The Morgan fingerprint density at radius 2 is 0.554 bits per heavy atom. The number of aliphatic hydroxyl groups excluding tert-OH is 1. The monoisotopic (exact) mass is 1480 g/mol. The molecule has 0 aliphatic heterocycles. The highest BCUT2D eigenvalue weighted by molar-refractivity contribution is 7.47. The molecule has 0 bridgehead atoms. The van der Waals surface area contributed by atoms with Gasteiger partial charge in [-0.05, 0) is 63.2 Å². The maximum absolute atomic E-state index is 13.1. The number of unbranched alkanes of at least 4 members (excludes halogenated alkanes) is 44. The van der Waals surface area contributed by atoms with E-state index in [1.807, 2.05) is 0 Å². The van der Waals surface area contributed by atoms with Crippen molar-refractivity contribution in [3.8, 4) is 0 Å². The zero-order valence-corrected chi connectivity index (χ0v) is 67.5. The maximum Gasteiger partial charge on any atom is 0.472 e. The first-order valence-electron chi connectivity index (χ1n) is 41.9. The molecular formula is C82H156O17P2. The topological polar surface area (TPSA) is 237 Å². The summed E-state index contributed by atoms with van der Waals surface area (Å²) in [5, 5.41) is 10.6. The first kappa shape index (κ1) is 98.5. The molecule has 0 aliphatic rings. The second-order valence-corrected chi connectivity index (χ2v) is 32.2. The number of hydrogen-bond donors (Lipinski definition) is 3. The summed E-state index contributed by atoms with van der Waals surface area (Å²) in [6.07, 6.45) is 66.1. The van der Waals surface area contributed by atoms with Crippen molar-refractivity contribution in [2.24, 2.45) is 11.8 Å². The Balaban J connectivity index is 5.25. The first-order chi connectivity index (χ1) is 48.9. The van der Waals surface area contributed by atoms with Crippen LogP contribution in [0.5, 0.6) is 0 Å². The Morgan fingerprint density at radius 1 is 0.317 bits per heavy atom. The quantitative estimate of drug-likeness (QED) is 0.0169. The van der Waals surface area contributed by atoms with Gasteiger partial charge in [0.2, 0.25) is 0 Å². The van der Waals surface area contributed by atoms with Gasteiger partial charge >= 0.3 is 39.5 Å². The molecule has 0 fully saturated rings. The molecule has 7 atom stereocenters. The molecule has 0 aromatic rings. The SMILES string of the molecule is CCCCCC/C=C\C=C/CCCCCCCC(=O)OC[C@H](COP(=O)(O)OC[C@@H](O)COP(=O)(O)OC[C@@H](COC(=O)CCCCCCCCC(C)CC)OC(=O)CCCCCCCCCCCCC(C)CC)OC(=O)CCCCCCCCCCCCCCCCCCCCCCCC. The molecule has 0 radical (unpaired) electrons. The maximum atomic E-state index is 13.1. The third-order valence-corrected chi connectivity index (χ3v) is 21.2. The lowest BCUT2D eigenvalue weighted by molar-refractivity contribution is -0.161. The average Bonchev–Trinajstić information content (AvgIpc) is 1.56. The number of hydrogen-bond acceptors (Lipinski definition) is 15. The molecule has 0 saturated carbocycles. The third-order valence-electron chi connectivity index (χ3n) is 19.3. The van der Waals surface area contributed by atoms with Crippen molar-refractivity contribution < 1.29 is 80.2 Å². The third kappa shape index (κ3) is 72.9. The summed E-state index contributed by atoms with van der Waals surface area (Å²) >= 11 is 0. The molecule has 0 aromatic heterocycles. The van der Waals surface area contributed by atoms with Crippen molar-refractivity contribution in [1.29, 1.82) is 0 Å². The van der Waals surface area contributed by atoms with E-state index in [4.69, 9.17) is 37.0 Å². The molecule has 0 saturated heterocycles. The lowest BCUT2D eigenvalue weighted by Gasteiger charge is -2.21. The number of phosphoric acid groups is 2. The summed E-state index contributed by atoms with van der Waals surface area (Å²) in [7, 11) is -9.93. The molecule has 19 heteroatoms. The van der Waals surface area contributed by atoms with Crippen molar-refractivity contribution >= 4 is 39.5 Å². The lowest BCUT2D eigenvalue weighted by Crippen LogP contribution is -2.30. The fourth-order valence-electron chi connectivity index (χ4n) is 12.1. The van der Waals surface area contributed by atoms with E-state index in [9.17, 15) is 43.2 Å². The van der Waals surface area contributed by atoms with Crippen LogP contribution in [0.3, 0.4) is 0 Å². The molecular weight excluding hydrogens is 1320 g/mol. The number of allylic oxidation sites excluding steroid dienone is 4. The average molecular weight is 1480 g/mol. The summed E-state index contributed by atoms with van der Waals surface area (Å²) in [6, 6.07) is 0. The van der Waals surface area contributed by atoms with Gasteiger partial charge < -0.3 is 33.8 Å². The predicted molar refractivity (Wildman–Crippen MR) is 414 cm³/mol. The van der Waals surface area contributed by atoms with E-state index in [0.29, 0.717) is 25.7 Å². The van der Waals surface area contributed by atoms with Crippen LogP contribution in [0, 0.1) is 11.8 Å². The van der Waals surface area contributed by atoms with Gasteiger partial charge in [0.05, 0.1) is 26.4 Å². The molecule has 0 aromatic carbocycles. The van der Waals surface area contributed by atoms with E-state index in [1.54, 1.807) is 0 Å². The molecule has 596 valence electrons. The predicted octanol–water partition coefficient (Wildman–Crippen LogP) is 24.2. The molecule has 0 heterocycles. The van der Waals surface area contributed by atoms with E-state index in [0.717, 1.165) is 127 Å². The largest absolute Gasteiger partial charge is 0.472 e. The molecule has 0 rings (SSSR count). The normalized spacial score (nSPS) is 14.6. The highest BCUT2D eigenvalue weighted by atomic mass is 31.2. The number of carbonyl (C=O) groups is 4. The Labute approximate surface area is 618 Å². The number of ether oxygens (including phenoxy) is 4. The van der Waals surface area contributed by atoms with Gasteiger partial charge in [-0.2, -0.15) is 0 Å². The van der Waals surface area contributed by atoms with Crippen LogP contribution in [0.1, 0.15) is 408 Å². The molecule has 4 unspecified atom stereocenters. The van der Waals surface area contributed by atoms with Crippen molar-refractivity contribution in [2.75, 3.05) is 39.6 Å². The van der Waals surface area contributed by atoms with Crippen LogP contribution in [-0.4, -0.2) is 96.7 Å². The minimum atomic E-state index is -4.97. The second-order valence-electron chi connectivity index (χ2n) is 29.3. The van der Waals surface area contributed by atoms with Crippen LogP contribution < -0.4 is 0 Å². The lowest BCUT2D eigenvalue weighted by atomic mass is 9.99. The Bertz CT molecular complexity index is 2040. The van der Waals surface area contributed by atoms with Gasteiger partial charge in [-0.1, -0.05) is 355 Å². The van der Waals surface area contributed by atoms with Gasteiger partial charge in [0.25, 0.3) is 0 Å². The summed E-state index contributed by atoms with van der Waals surface area (Å²) < 4.78 is 68.7. The van der Waals surface area contributed by atoms with Gasteiger partial charge in [-0.3, -0.25) is 37.3 Å². The van der Waals surface area contributed by atoms with Gasteiger partial charge in [0, 0.05) is 25.7 Å². The minimum absolute atomic E-state index is 0.102. The van der Waals surface area contributed by atoms with Crippen molar-refractivity contribution in [3.05, 3.63) is 24.3 Å². The highest BCUT2D eigenvalue weighted by Crippen LogP contribution is 2.45. The zero-order chi connectivity index (χ0) is 74.2. The molecule has 0 amide bonds. The van der Waals surface area contributed by atoms with Crippen LogP contribution in [0.2, 0.25) is 0 Å². The van der Waals surface area contributed by atoms with Crippen LogP contribution in [0.25, 0.3) is 0 Å². The summed E-state index contributed by atoms with van der Waals surface area (Å²) in [4.78, 5) is 73.0. The van der Waals surface area contributed by atoms with Crippen LogP contribution >= 0.6 is 15.6 Å². The number of rotatable bonds is 79. The Hall–Kier alpha value is -2.46. The smallest absolute Gasteiger partial charge is 0.462 e. The van der Waals surface area contributed by atoms with Gasteiger partial charge in [0.15, 0.2) is 12.2 Å². The van der Waals surface area contributed by atoms with E-state index in [2.05, 4.69) is 65.8 Å². The Kier molecular flexibility index (Phi) is 71.3. The molecule has 0 spiro atoms. The van der Waals surface area contributed by atoms with E-state index in [1.165, 1.54) is 199 Å². The fraction of sp³-hybridized carbons (Fsp3) is 0.902. The number of carbonyl (C=O) groups excluding carboxylic acids is 4. The van der Waals surface area contributed by atoms with Crippen molar-refractivity contribution in [1.82, 2.24) is 0 Å². The number of phosphoric ester groups is 2. The van der Waals surface area contributed by atoms with E-state index < -0.39 is 97.5 Å². The zero-order valence-electron chi connectivity index (χ0n) is 65.7. The minimum Gasteiger partial charge on any atom is -0.462 e. The number of esters is 4. The van der Waals surface area contributed by atoms with Gasteiger partial charge in [-0.25, -0.2) is 9.13 Å². The first-order valence-corrected chi connectivity index (χ1v) is 44.9. The second kappa shape index (κ2) is 73.1. The van der Waals surface area contributed by atoms with Crippen LogP contribution in [0.15, 0.2) is 24.3 Å². The van der Waals surface area contributed by atoms with Crippen molar-refractivity contribution in [3.63, 3.8) is 0 Å². The van der Waals surface area contributed by atoms with Crippen molar-refractivity contribution in [2.45, 2.75) is 426 Å². The van der Waals surface area contributed by atoms with E-state index >= 15 is 0 Å². The summed E-state index contributed by atoms with van der Waals surface area (Å²) in [5.41, 5.74) is 0. The van der Waals surface area contributed by atoms with Crippen LogP contribution in [0.4, 0.5) is 0 Å². The fourth-order valence-corrected chi connectivity index (χ4v) is 13.7. The van der Waals surface area contributed by atoms with Gasteiger partial charge in [-0.15, -0.1) is 0 Å². The van der Waals surface area contributed by atoms with Gasteiger partial charge in [0.1, 0.15) is 19.3 Å². The Morgan fingerprint density at radius 3 is 0.842 bits per heavy atom. The standard InChI is InChI=1S/C82H156O17P2/c1-7-11-13-15-17-19-21-23-25-26-27-28-29-30-31-33-35-37-42-46-54-60-66-81(86)98-77(70-92-79(84)64-58-52-45-41-36-34-32-24-22-20-18-16-14-12-8-2)72-96-100(88,89)94-68-76(83)69-95-101(90,91)97-73-78(71-93-80(85)65-59-53-49-48-51-57-63-75(6)10-4)99-82(87)67-61-55-47-43-39-38-40-44-50-56-62-74(5)9-3/h20,22,24,32,74-78,83H,7-19,21,23,25-31,33-73H2,1-6H3,(H,88,89)(H,90,91)/b22-20-,32-24-/t74?,75?,76-,77-,78-/m1/s1. The molecule has 3 N–H and O–H groups in total. The number of aliphatic hydroxyl groups is 1. The van der Waals surface area contributed by atoms with Crippen LogP contribution in [-0.2, 0) is 65.4 Å². The molecule has 0 aliphatic carbocycles. The molecule has 17 nitrogen and oxygen atoms in total. The molecule has 101 heavy (non-hydrogen) atoms. The summed E-state index contributed by atoms with van der Waals surface area (Å²) in [5.74, 6) is -0.611. The summed E-state index contributed by atoms with van der Waals surface area (Å²) in [6.45, 7) is 9.55.